The number of nitrogens with one attached hydrogen (secondary N) is 1. The fourth-order valence-electron chi connectivity index (χ4n) is 2.54. The van der Waals surface area contributed by atoms with Crippen molar-refractivity contribution in [3.8, 4) is 0 Å². The molecule has 0 amide bonds. The van der Waals surface area contributed by atoms with E-state index in [0.29, 0.717) is 6.04 Å². The van der Waals surface area contributed by atoms with Gasteiger partial charge >= 0.3 is 0 Å². The van der Waals surface area contributed by atoms with Crippen molar-refractivity contribution in [2.75, 3.05) is 19.8 Å². The van der Waals surface area contributed by atoms with Crippen molar-refractivity contribution in [2.45, 2.75) is 44.6 Å². The van der Waals surface area contributed by atoms with E-state index in [1.165, 1.54) is 22.9 Å². The molecule has 0 spiro atoms. The van der Waals surface area contributed by atoms with Crippen LogP contribution in [0.1, 0.15) is 44.1 Å². The summed E-state index contributed by atoms with van der Waals surface area (Å²) in [4.78, 5) is 0. The number of rotatable bonds is 8. The summed E-state index contributed by atoms with van der Waals surface area (Å²) in [6.45, 7) is 5.02. The first kappa shape index (κ1) is 15.0. The third kappa shape index (κ3) is 4.90. The van der Waals surface area contributed by atoms with Crippen molar-refractivity contribution in [1.29, 1.82) is 0 Å². The summed E-state index contributed by atoms with van der Waals surface area (Å²) in [5.74, 6) is 0.742. The minimum atomic E-state index is 0.704. The van der Waals surface area contributed by atoms with Crippen molar-refractivity contribution < 1.29 is 4.74 Å². The molecular formula is C16H24BrNO. The monoisotopic (exact) mass is 325 g/mol. The van der Waals surface area contributed by atoms with Gasteiger partial charge in [0.2, 0.25) is 0 Å². The van der Waals surface area contributed by atoms with Crippen LogP contribution in [0.25, 0.3) is 0 Å². The Morgan fingerprint density at radius 2 is 2.16 bits per heavy atom. The zero-order chi connectivity index (χ0) is 13.5. The Labute approximate surface area is 125 Å². The molecular weight excluding hydrogens is 302 g/mol. The highest BCUT2D eigenvalue weighted by molar-refractivity contribution is 9.10. The lowest BCUT2D eigenvalue weighted by atomic mass is 9.76. The van der Waals surface area contributed by atoms with Gasteiger partial charge in [-0.15, -0.1) is 0 Å². The van der Waals surface area contributed by atoms with E-state index in [1.807, 2.05) is 0 Å². The minimum Gasteiger partial charge on any atom is -0.381 e. The standard InChI is InChI=1S/C16H24BrNO/c1-2-8-19-9-4-7-18-16-11-14(12-16)13-5-3-6-15(17)10-13/h3,5-6,10,14,16,18H,2,4,7-9,11-12H2,1H3. The maximum absolute atomic E-state index is 5.47. The van der Waals surface area contributed by atoms with Crippen LogP contribution in [0.5, 0.6) is 0 Å². The van der Waals surface area contributed by atoms with Crippen LogP contribution >= 0.6 is 15.9 Å². The van der Waals surface area contributed by atoms with Gasteiger partial charge in [0.15, 0.2) is 0 Å². The van der Waals surface area contributed by atoms with Gasteiger partial charge in [-0.3, -0.25) is 0 Å². The summed E-state index contributed by atoms with van der Waals surface area (Å²) in [6.07, 6.45) is 4.78. The maximum atomic E-state index is 5.47. The van der Waals surface area contributed by atoms with E-state index in [4.69, 9.17) is 4.74 Å². The third-order valence-electron chi connectivity index (χ3n) is 3.71. The van der Waals surface area contributed by atoms with Gasteiger partial charge in [0.1, 0.15) is 0 Å². The molecule has 106 valence electrons. The lowest BCUT2D eigenvalue weighted by molar-refractivity contribution is 0.130. The second-order valence-corrected chi connectivity index (χ2v) is 6.26. The normalized spacial score (nSPS) is 22.2. The second-order valence-electron chi connectivity index (χ2n) is 5.34. The molecule has 0 aromatic heterocycles. The van der Waals surface area contributed by atoms with Crippen LogP contribution < -0.4 is 5.32 Å². The predicted molar refractivity (Wildman–Crippen MR) is 83.6 cm³/mol. The van der Waals surface area contributed by atoms with E-state index < -0.39 is 0 Å². The van der Waals surface area contributed by atoms with Gasteiger partial charge in [0, 0.05) is 23.7 Å². The Morgan fingerprint density at radius 3 is 2.89 bits per heavy atom. The average molecular weight is 326 g/mol. The SMILES string of the molecule is CCCOCCCNC1CC(c2cccc(Br)c2)C1. The highest BCUT2D eigenvalue weighted by Gasteiger charge is 2.29. The number of ether oxygens (including phenoxy) is 1. The molecule has 19 heavy (non-hydrogen) atoms. The maximum Gasteiger partial charge on any atom is 0.0478 e. The first-order valence-corrected chi connectivity index (χ1v) is 8.15. The molecule has 1 aromatic rings. The summed E-state index contributed by atoms with van der Waals surface area (Å²) in [5.41, 5.74) is 1.47. The number of halogens is 1. The van der Waals surface area contributed by atoms with Crippen LogP contribution in [-0.4, -0.2) is 25.8 Å². The summed E-state index contributed by atoms with van der Waals surface area (Å²) in [5, 5.41) is 3.62. The van der Waals surface area contributed by atoms with Gasteiger partial charge in [0.05, 0.1) is 0 Å². The van der Waals surface area contributed by atoms with Gasteiger partial charge in [-0.2, -0.15) is 0 Å². The van der Waals surface area contributed by atoms with E-state index in [1.54, 1.807) is 0 Å². The molecule has 2 nitrogen and oxygen atoms in total. The van der Waals surface area contributed by atoms with E-state index in [9.17, 15) is 0 Å². The van der Waals surface area contributed by atoms with Crippen LogP contribution in [0.15, 0.2) is 28.7 Å². The van der Waals surface area contributed by atoms with Crippen LogP contribution in [0, 0.1) is 0 Å². The highest BCUT2D eigenvalue weighted by Crippen LogP contribution is 2.37. The largest absolute Gasteiger partial charge is 0.381 e. The Balaban J connectivity index is 1.56. The zero-order valence-electron chi connectivity index (χ0n) is 11.7. The van der Waals surface area contributed by atoms with Crippen molar-refractivity contribution in [3.63, 3.8) is 0 Å². The average Bonchev–Trinajstić information content (AvgIpc) is 2.35. The molecule has 0 saturated heterocycles. The van der Waals surface area contributed by atoms with Gasteiger partial charge in [-0.1, -0.05) is 35.0 Å². The van der Waals surface area contributed by atoms with Gasteiger partial charge in [-0.05, 0) is 55.8 Å². The summed E-state index contributed by atoms with van der Waals surface area (Å²) < 4.78 is 6.66. The molecule has 1 aromatic carbocycles. The Hall–Kier alpha value is -0.380. The fourth-order valence-corrected chi connectivity index (χ4v) is 2.96. The van der Waals surface area contributed by atoms with E-state index in [-0.39, 0.29) is 0 Å². The lowest BCUT2D eigenvalue weighted by Crippen LogP contribution is -2.40. The number of hydrogen-bond acceptors (Lipinski definition) is 2. The molecule has 1 aliphatic rings. The number of benzene rings is 1. The van der Waals surface area contributed by atoms with Crippen LogP contribution in [0.4, 0.5) is 0 Å². The van der Waals surface area contributed by atoms with Crippen LogP contribution in [-0.2, 0) is 4.74 Å². The molecule has 1 fully saturated rings. The Kier molecular flexibility index (Phi) is 6.35. The topological polar surface area (TPSA) is 21.3 Å². The van der Waals surface area contributed by atoms with Gasteiger partial charge < -0.3 is 10.1 Å². The third-order valence-corrected chi connectivity index (χ3v) is 4.20. The van der Waals surface area contributed by atoms with E-state index in [0.717, 1.165) is 38.5 Å². The summed E-state index contributed by atoms with van der Waals surface area (Å²) >= 11 is 3.54. The molecule has 0 radical (unpaired) electrons. The van der Waals surface area contributed by atoms with Crippen molar-refractivity contribution in [1.82, 2.24) is 5.32 Å². The zero-order valence-corrected chi connectivity index (χ0v) is 13.3. The molecule has 2 rings (SSSR count). The fraction of sp³-hybridized carbons (Fsp3) is 0.625. The molecule has 1 aliphatic carbocycles. The highest BCUT2D eigenvalue weighted by atomic mass is 79.9. The first-order chi connectivity index (χ1) is 9.29. The van der Waals surface area contributed by atoms with Crippen molar-refractivity contribution in [3.05, 3.63) is 34.3 Å². The van der Waals surface area contributed by atoms with Gasteiger partial charge in [-0.25, -0.2) is 0 Å². The molecule has 0 aliphatic heterocycles. The molecule has 3 heteroatoms. The van der Waals surface area contributed by atoms with Gasteiger partial charge in [0.25, 0.3) is 0 Å². The molecule has 0 bridgehead atoms. The molecule has 0 unspecified atom stereocenters. The quantitative estimate of drug-likeness (QED) is 0.726. The van der Waals surface area contributed by atoms with E-state index in [2.05, 4.69) is 52.4 Å². The van der Waals surface area contributed by atoms with Crippen molar-refractivity contribution in [2.24, 2.45) is 0 Å². The van der Waals surface area contributed by atoms with Crippen molar-refractivity contribution >= 4 is 15.9 Å². The van der Waals surface area contributed by atoms with E-state index >= 15 is 0 Å². The summed E-state index contributed by atoms with van der Waals surface area (Å²) in [7, 11) is 0. The lowest BCUT2D eigenvalue weighted by Gasteiger charge is -2.36. The predicted octanol–water partition coefficient (Wildman–Crippen LogP) is 4.10. The molecule has 0 heterocycles. The molecule has 1 saturated carbocycles. The Morgan fingerprint density at radius 1 is 1.32 bits per heavy atom. The molecule has 0 atom stereocenters. The second kappa shape index (κ2) is 8.03. The summed E-state index contributed by atoms with van der Waals surface area (Å²) in [6, 6.07) is 9.42. The van der Waals surface area contributed by atoms with Crippen LogP contribution in [0.3, 0.4) is 0 Å². The minimum absolute atomic E-state index is 0.704. The number of hydrogen-bond donors (Lipinski definition) is 1. The smallest absolute Gasteiger partial charge is 0.0478 e. The first-order valence-electron chi connectivity index (χ1n) is 7.36. The molecule has 1 N–H and O–H groups in total. The Bertz CT molecular complexity index is 377. The van der Waals surface area contributed by atoms with Crippen LogP contribution in [0.2, 0.25) is 0 Å².